The first kappa shape index (κ1) is 16.9. The van der Waals surface area contributed by atoms with E-state index in [2.05, 4.69) is 21.2 Å². The minimum Gasteiger partial charge on any atom is -0.313 e. The standard InChI is InChI=1S/C15H21BrFNO2S/c1-2-18-13(14-8-3-4-9-21(14,19)20)10-11-6-5-7-12(17)15(11)16/h5-7,13-14,18H,2-4,8-10H2,1H3. The molecule has 2 atom stereocenters. The second-order valence-electron chi connectivity index (χ2n) is 5.48. The molecule has 21 heavy (non-hydrogen) atoms. The summed E-state index contributed by atoms with van der Waals surface area (Å²) in [4.78, 5) is 0. The summed E-state index contributed by atoms with van der Waals surface area (Å²) in [6, 6.07) is 4.73. The molecule has 1 N–H and O–H groups in total. The highest BCUT2D eigenvalue weighted by atomic mass is 79.9. The molecule has 1 fully saturated rings. The zero-order valence-corrected chi connectivity index (χ0v) is 14.5. The van der Waals surface area contributed by atoms with Crippen molar-refractivity contribution in [3.05, 3.63) is 34.1 Å². The lowest BCUT2D eigenvalue weighted by Crippen LogP contribution is -2.48. The normalized spacial score (nSPS) is 22.9. The van der Waals surface area contributed by atoms with E-state index in [0.717, 1.165) is 18.4 Å². The first-order valence-corrected chi connectivity index (χ1v) is 9.84. The largest absolute Gasteiger partial charge is 0.313 e. The molecule has 0 aliphatic carbocycles. The first-order chi connectivity index (χ1) is 9.95. The van der Waals surface area contributed by atoms with Gasteiger partial charge in [0.15, 0.2) is 9.84 Å². The molecule has 1 saturated heterocycles. The summed E-state index contributed by atoms with van der Waals surface area (Å²) in [5.74, 6) is -0.0431. The van der Waals surface area contributed by atoms with Gasteiger partial charge in [0.1, 0.15) is 5.82 Å². The van der Waals surface area contributed by atoms with Crippen molar-refractivity contribution in [1.82, 2.24) is 5.32 Å². The smallest absolute Gasteiger partial charge is 0.154 e. The Bertz CT molecular complexity index is 591. The molecule has 1 aliphatic rings. The molecule has 3 nitrogen and oxygen atoms in total. The zero-order valence-electron chi connectivity index (χ0n) is 12.1. The molecule has 0 radical (unpaired) electrons. The fourth-order valence-electron chi connectivity index (χ4n) is 2.97. The van der Waals surface area contributed by atoms with Crippen LogP contribution in [-0.2, 0) is 16.3 Å². The van der Waals surface area contributed by atoms with E-state index >= 15 is 0 Å². The van der Waals surface area contributed by atoms with Crippen LogP contribution in [0.3, 0.4) is 0 Å². The van der Waals surface area contributed by atoms with Crippen LogP contribution >= 0.6 is 15.9 Å². The van der Waals surface area contributed by atoms with Crippen molar-refractivity contribution in [2.75, 3.05) is 12.3 Å². The van der Waals surface area contributed by atoms with Crippen LogP contribution in [0.15, 0.2) is 22.7 Å². The Morgan fingerprint density at radius 3 is 2.86 bits per heavy atom. The number of halogens is 2. The van der Waals surface area contributed by atoms with Crippen LogP contribution < -0.4 is 5.32 Å². The molecule has 0 amide bonds. The van der Waals surface area contributed by atoms with Crippen molar-refractivity contribution in [3.8, 4) is 0 Å². The Kier molecular flexibility index (Phi) is 5.80. The van der Waals surface area contributed by atoms with Crippen molar-refractivity contribution < 1.29 is 12.8 Å². The molecule has 1 aromatic rings. The van der Waals surface area contributed by atoms with E-state index in [4.69, 9.17) is 0 Å². The monoisotopic (exact) mass is 377 g/mol. The summed E-state index contributed by atoms with van der Waals surface area (Å²) in [5, 5.41) is 2.91. The maximum Gasteiger partial charge on any atom is 0.154 e. The van der Waals surface area contributed by atoms with Crippen molar-refractivity contribution >= 4 is 25.8 Å². The first-order valence-electron chi connectivity index (χ1n) is 7.33. The second kappa shape index (κ2) is 7.20. The highest BCUT2D eigenvalue weighted by Gasteiger charge is 2.35. The fourth-order valence-corrected chi connectivity index (χ4v) is 5.53. The summed E-state index contributed by atoms with van der Waals surface area (Å²) in [5.41, 5.74) is 0.807. The molecule has 2 rings (SSSR count). The Balaban J connectivity index is 2.25. The molecule has 0 saturated carbocycles. The maximum absolute atomic E-state index is 13.6. The van der Waals surface area contributed by atoms with E-state index in [0.29, 0.717) is 23.9 Å². The molecule has 0 aromatic heterocycles. The molecule has 1 aromatic carbocycles. The molecule has 1 heterocycles. The van der Waals surface area contributed by atoms with Gasteiger partial charge < -0.3 is 5.32 Å². The molecule has 0 bridgehead atoms. The van der Waals surface area contributed by atoms with E-state index in [-0.39, 0.29) is 22.9 Å². The minimum atomic E-state index is -3.06. The van der Waals surface area contributed by atoms with Crippen molar-refractivity contribution in [2.24, 2.45) is 0 Å². The SMILES string of the molecule is CCNC(Cc1cccc(F)c1Br)C1CCCCS1(=O)=O. The van der Waals surface area contributed by atoms with Gasteiger partial charge in [0, 0.05) is 6.04 Å². The van der Waals surface area contributed by atoms with Gasteiger partial charge in [0.25, 0.3) is 0 Å². The van der Waals surface area contributed by atoms with Crippen LogP contribution in [0.2, 0.25) is 0 Å². The number of benzene rings is 1. The number of nitrogens with one attached hydrogen (secondary N) is 1. The number of sulfone groups is 1. The summed E-state index contributed by atoms with van der Waals surface area (Å²) in [7, 11) is -3.06. The van der Waals surface area contributed by atoms with Crippen LogP contribution in [0.4, 0.5) is 4.39 Å². The van der Waals surface area contributed by atoms with E-state index in [1.807, 2.05) is 13.0 Å². The third-order valence-corrected chi connectivity index (χ3v) is 7.25. The van der Waals surface area contributed by atoms with Gasteiger partial charge in [-0.15, -0.1) is 0 Å². The lowest BCUT2D eigenvalue weighted by molar-refractivity contribution is 0.440. The molecule has 0 spiro atoms. The van der Waals surface area contributed by atoms with E-state index < -0.39 is 9.84 Å². The molecular formula is C15H21BrFNO2S. The van der Waals surface area contributed by atoms with E-state index in [1.54, 1.807) is 6.07 Å². The Morgan fingerprint density at radius 2 is 2.19 bits per heavy atom. The number of hydrogen-bond acceptors (Lipinski definition) is 3. The Labute approximate surface area is 134 Å². The topological polar surface area (TPSA) is 46.2 Å². The molecule has 6 heteroatoms. The van der Waals surface area contributed by atoms with Crippen LogP contribution in [0.5, 0.6) is 0 Å². The maximum atomic E-state index is 13.6. The lowest BCUT2D eigenvalue weighted by atomic mass is 9.99. The van der Waals surface area contributed by atoms with Crippen molar-refractivity contribution in [2.45, 2.75) is 43.9 Å². The van der Waals surface area contributed by atoms with Crippen LogP contribution in [0.25, 0.3) is 0 Å². The van der Waals surface area contributed by atoms with Gasteiger partial charge in [-0.3, -0.25) is 0 Å². The average Bonchev–Trinajstić information content (AvgIpc) is 2.43. The van der Waals surface area contributed by atoms with Crippen LogP contribution in [0, 0.1) is 5.82 Å². The predicted molar refractivity (Wildman–Crippen MR) is 86.7 cm³/mol. The van der Waals surface area contributed by atoms with Gasteiger partial charge in [-0.05, 0) is 53.4 Å². The summed E-state index contributed by atoms with van der Waals surface area (Å²) < 4.78 is 38.7. The number of rotatable bonds is 5. The van der Waals surface area contributed by atoms with Crippen molar-refractivity contribution in [3.63, 3.8) is 0 Å². The minimum absolute atomic E-state index is 0.168. The Hall–Kier alpha value is -0.460. The van der Waals surface area contributed by atoms with Crippen molar-refractivity contribution in [1.29, 1.82) is 0 Å². The van der Waals surface area contributed by atoms with Crippen LogP contribution in [-0.4, -0.2) is 32.0 Å². The third-order valence-electron chi connectivity index (χ3n) is 4.02. The van der Waals surface area contributed by atoms with Gasteiger partial charge >= 0.3 is 0 Å². The highest BCUT2D eigenvalue weighted by Crippen LogP contribution is 2.27. The van der Waals surface area contributed by atoms with Gasteiger partial charge in [0.05, 0.1) is 15.5 Å². The van der Waals surface area contributed by atoms with Gasteiger partial charge in [0.2, 0.25) is 0 Å². The Morgan fingerprint density at radius 1 is 1.43 bits per heavy atom. The quantitative estimate of drug-likeness (QED) is 0.857. The number of hydrogen-bond donors (Lipinski definition) is 1. The van der Waals surface area contributed by atoms with E-state index in [1.165, 1.54) is 6.07 Å². The zero-order chi connectivity index (χ0) is 15.5. The fraction of sp³-hybridized carbons (Fsp3) is 0.600. The third kappa shape index (κ3) is 4.05. The number of likely N-dealkylation sites (N-methyl/N-ethyl adjacent to an activating group) is 1. The molecule has 118 valence electrons. The summed E-state index contributed by atoms with van der Waals surface area (Å²) in [6.07, 6.45) is 2.89. The average molecular weight is 378 g/mol. The lowest BCUT2D eigenvalue weighted by Gasteiger charge is -2.31. The molecule has 1 aliphatic heterocycles. The summed E-state index contributed by atoms with van der Waals surface area (Å²) >= 11 is 3.26. The molecular weight excluding hydrogens is 357 g/mol. The molecule has 2 unspecified atom stereocenters. The van der Waals surface area contributed by atoms with Gasteiger partial charge in [-0.1, -0.05) is 25.5 Å². The highest BCUT2D eigenvalue weighted by molar-refractivity contribution is 9.10. The predicted octanol–water partition coefficient (Wildman–Crippen LogP) is 3.08. The van der Waals surface area contributed by atoms with Gasteiger partial charge in [-0.25, -0.2) is 12.8 Å². The van der Waals surface area contributed by atoms with Gasteiger partial charge in [-0.2, -0.15) is 0 Å². The van der Waals surface area contributed by atoms with Crippen LogP contribution in [0.1, 0.15) is 31.7 Å². The van der Waals surface area contributed by atoms with E-state index in [9.17, 15) is 12.8 Å². The second-order valence-corrected chi connectivity index (χ2v) is 8.61. The summed E-state index contributed by atoms with van der Waals surface area (Å²) in [6.45, 7) is 2.66.